The molecule has 1 saturated heterocycles. The Balaban J connectivity index is 1.54. The summed E-state index contributed by atoms with van der Waals surface area (Å²) in [6, 6.07) is 3.54. The van der Waals surface area contributed by atoms with Crippen LogP contribution in [0.25, 0.3) is 0 Å². The molecule has 0 amide bonds. The summed E-state index contributed by atoms with van der Waals surface area (Å²) < 4.78 is 32.5. The molecular formula is C14H20N4O3S2. The summed E-state index contributed by atoms with van der Waals surface area (Å²) in [6.07, 6.45) is 0.692. The van der Waals surface area contributed by atoms with E-state index in [0.29, 0.717) is 35.5 Å². The maximum Gasteiger partial charge on any atom is 0.252 e. The summed E-state index contributed by atoms with van der Waals surface area (Å²) in [4.78, 5) is 3.24. The van der Waals surface area contributed by atoms with Crippen LogP contribution in [0.4, 0.5) is 0 Å². The lowest BCUT2D eigenvalue weighted by atomic mass is 10.3. The third-order valence-electron chi connectivity index (χ3n) is 3.85. The first-order valence-electron chi connectivity index (χ1n) is 7.53. The van der Waals surface area contributed by atoms with E-state index in [2.05, 4.69) is 15.1 Å². The zero-order valence-electron chi connectivity index (χ0n) is 13.2. The Hall–Kier alpha value is -1.29. The SMILES string of the molecule is Cc1nnc(CCN2CCN(S(=O)(=O)c3ccc(C)s3)CC2)o1. The second-order valence-electron chi connectivity index (χ2n) is 5.58. The van der Waals surface area contributed by atoms with Crippen molar-refractivity contribution in [2.45, 2.75) is 24.5 Å². The quantitative estimate of drug-likeness (QED) is 0.803. The summed E-state index contributed by atoms with van der Waals surface area (Å²) in [7, 11) is -3.34. The molecule has 3 rings (SSSR count). The molecular weight excluding hydrogens is 336 g/mol. The minimum absolute atomic E-state index is 0.435. The van der Waals surface area contributed by atoms with Crippen molar-refractivity contribution in [3.63, 3.8) is 0 Å². The summed E-state index contributed by atoms with van der Waals surface area (Å²) >= 11 is 1.33. The van der Waals surface area contributed by atoms with Crippen molar-refractivity contribution in [2.75, 3.05) is 32.7 Å². The molecule has 3 heterocycles. The van der Waals surface area contributed by atoms with E-state index in [0.717, 1.165) is 24.5 Å². The van der Waals surface area contributed by atoms with Crippen molar-refractivity contribution in [2.24, 2.45) is 0 Å². The van der Waals surface area contributed by atoms with Gasteiger partial charge in [-0.2, -0.15) is 4.31 Å². The molecule has 1 aliphatic heterocycles. The van der Waals surface area contributed by atoms with Crippen molar-refractivity contribution in [3.8, 4) is 0 Å². The van der Waals surface area contributed by atoms with Crippen LogP contribution in [-0.4, -0.2) is 60.5 Å². The highest BCUT2D eigenvalue weighted by Gasteiger charge is 2.29. The number of rotatable bonds is 5. The fraction of sp³-hybridized carbons (Fsp3) is 0.571. The van der Waals surface area contributed by atoms with Crippen molar-refractivity contribution >= 4 is 21.4 Å². The first-order chi connectivity index (χ1) is 10.9. The highest BCUT2D eigenvalue weighted by molar-refractivity contribution is 7.91. The van der Waals surface area contributed by atoms with Gasteiger partial charge in [-0.3, -0.25) is 0 Å². The fourth-order valence-electron chi connectivity index (χ4n) is 2.56. The van der Waals surface area contributed by atoms with Crippen LogP contribution >= 0.6 is 11.3 Å². The highest BCUT2D eigenvalue weighted by Crippen LogP contribution is 2.25. The average Bonchev–Trinajstić information content (AvgIpc) is 3.14. The molecule has 0 N–H and O–H groups in total. The lowest BCUT2D eigenvalue weighted by Crippen LogP contribution is -2.48. The van der Waals surface area contributed by atoms with Crippen LogP contribution in [0.5, 0.6) is 0 Å². The number of hydrogen-bond donors (Lipinski definition) is 0. The first kappa shape index (κ1) is 16.6. The second-order valence-corrected chi connectivity index (χ2v) is 9.03. The van der Waals surface area contributed by atoms with E-state index in [1.165, 1.54) is 11.3 Å². The van der Waals surface area contributed by atoms with Gasteiger partial charge in [0.15, 0.2) is 0 Å². The van der Waals surface area contributed by atoms with Crippen LogP contribution in [0, 0.1) is 13.8 Å². The molecule has 1 aliphatic rings. The molecule has 2 aromatic rings. The molecule has 0 unspecified atom stereocenters. The second kappa shape index (κ2) is 6.68. The van der Waals surface area contributed by atoms with Crippen molar-refractivity contribution in [1.29, 1.82) is 0 Å². The van der Waals surface area contributed by atoms with Gasteiger partial charge in [-0.25, -0.2) is 8.42 Å². The molecule has 9 heteroatoms. The van der Waals surface area contributed by atoms with Gasteiger partial charge in [0.2, 0.25) is 11.8 Å². The van der Waals surface area contributed by atoms with E-state index in [4.69, 9.17) is 4.42 Å². The minimum atomic E-state index is -3.34. The Morgan fingerprint density at radius 1 is 1.17 bits per heavy atom. The van der Waals surface area contributed by atoms with Gasteiger partial charge in [0.05, 0.1) is 0 Å². The summed E-state index contributed by atoms with van der Waals surface area (Å²) in [5, 5.41) is 7.79. The summed E-state index contributed by atoms with van der Waals surface area (Å²) in [5.74, 6) is 1.20. The number of aromatic nitrogens is 2. The molecule has 0 spiro atoms. The van der Waals surface area contributed by atoms with Crippen LogP contribution in [-0.2, 0) is 16.4 Å². The smallest absolute Gasteiger partial charge is 0.252 e. The van der Waals surface area contributed by atoms with Crippen LogP contribution in [0.1, 0.15) is 16.7 Å². The van der Waals surface area contributed by atoms with Crippen LogP contribution in [0.15, 0.2) is 20.8 Å². The molecule has 1 fully saturated rings. The Morgan fingerprint density at radius 3 is 2.48 bits per heavy atom. The average molecular weight is 356 g/mol. The Morgan fingerprint density at radius 2 is 1.91 bits per heavy atom. The molecule has 0 aromatic carbocycles. The standard InChI is InChI=1S/C14H20N4O3S2/c1-11-3-4-14(22-11)23(19,20)18-9-7-17(8-10-18)6-5-13-16-15-12(2)21-13/h3-4H,5-10H2,1-2H3. The van der Waals surface area contributed by atoms with Gasteiger partial charge in [0.1, 0.15) is 4.21 Å². The zero-order chi connectivity index (χ0) is 16.4. The number of aryl methyl sites for hydroxylation is 2. The fourth-order valence-corrected chi connectivity index (χ4v) is 5.42. The largest absolute Gasteiger partial charge is 0.426 e. The third-order valence-corrected chi connectivity index (χ3v) is 7.22. The third kappa shape index (κ3) is 3.79. The molecule has 126 valence electrons. The van der Waals surface area contributed by atoms with Crippen LogP contribution in [0.2, 0.25) is 0 Å². The van der Waals surface area contributed by atoms with Gasteiger partial charge in [0, 0.05) is 50.9 Å². The molecule has 0 radical (unpaired) electrons. The van der Waals surface area contributed by atoms with Gasteiger partial charge in [-0.1, -0.05) is 0 Å². The maximum atomic E-state index is 12.6. The molecule has 23 heavy (non-hydrogen) atoms. The van der Waals surface area contributed by atoms with Gasteiger partial charge in [-0.05, 0) is 19.1 Å². The van der Waals surface area contributed by atoms with Gasteiger partial charge < -0.3 is 9.32 Å². The van der Waals surface area contributed by atoms with Crippen molar-refractivity contribution in [1.82, 2.24) is 19.4 Å². The molecule has 0 saturated carbocycles. The lowest BCUT2D eigenvalue weighted by Gasteiger charge is -2.33. The van der Waals surface area contributed by atoms with E-state index >= 15 is 0 Å². The number of sulfonamides is 1. The predicted molar refractivity (Wildman–Crippen MR) is 87.0 cm³/mol. The highest BCUT2D eigenvalue weighted by atomic mass is 32.2. The number of thiophene rings is 1. The number of nitrogens with zero attached hydrogens (tertiary/aromatic N) is 4. The van der Waals surface area contributed by atoms with E-state index in [1.807, 2.05) is 13.0 Å². The zero-order valence-corrected chi connectivity index (χ0v) is 14.9. The van der Waals surface area contributed by atoms with E-state index in [9.17, 15) is 8.42 Å². The monoisotopic (exact) mass is 356 g/mol. The summed E-state index contributed by atoms with van der Waals surface area (Å²) in [6.45, 7) is 6.96. The van der Waals surface area contributed by atoms with Gasteiger partial charge in [0.25, 0.3) is 10.0 Å². The topological polar surface area (TPSA) is 79.5 Å². The first-order valence-corrected chi connectivity index (χ1v) is 9.79. The Labute approximate surface area is 140 Å². The Kier molecular flexibility index (Phi) is 4.81. The molecule has 0 atom stereocenters. The van der Waals surface area contributed by atoms with Crippen molar-refractivity contribution in [3.05, 3.63) is 28.8 Å². The normalized spacial score (nSPS) is 17.7. The lowest BCUT2D eigenvalue weighted by molar-refractivity contribution is 0.187. The minimum Gasteiger partial charge on any atom is -0.426 e. The molecule has 0 aliphatic carbocycles. The van der Waals surface area contributed by atoms with E-state index < -0.39 is 10.0 Å². The Bertz CT molecular complexity index is 761. The van der Waals surface area contributed by atoms with Crippen molar-refractivity contribution < 1.29 is 12.8 Å². The van der Waals surface area contributed by atoms with Crippen LogP contribution < -0.4 is 0 Å². The molecule has 0 bridgehead atoms. The van der Waals surface area contributed by atoms with E-state index in [-0.39, 0.29) is 0 Å². The van der Waals surface area contributed by atoms with Gasteiger partial charge in [-0.15, -0.1) is 21.5 Å². The number of hydrogen-bond acceptors (Lipinski definition) is 7. The predicted octanol–water partition coefficient (Wildman–Crippen LogP) is 1.30. The summed E-state index contributed by atoms with van der Waals surface area (Å²) in [5.41, 5.74) is 0. The van der Waals surface area contributed by atoms with Crippen LogP contribution in [0.3, 0.4) is 0 Å². The maximum absolute atomic E-state index is 12.6. The van der Waals surface area contributed by atoms with E-state index in [1.54, 1.807) is 17.3 Å². The van der Waals surface area contributed by atoms with Gasteiger partial charge >= 0.3 is 0 Å². The number of piperazine rings is 1. The molecule has 2 aromatic heterocycles. The molecule has 7 nitrogen and oxygen atoms in total.